The first-order chi connectivity index (χ1) is 10.1. The first kappa shape index (κ1) is 13.6. The molecule has 1 heterocycles. The molecular weight excluding hydrogens is 262 g/mol. The highest BCUT2D eigenvalue weighted by molar-refractivity contribution is 6.09. The zero-order valence-corrected chi connectivity index (χ0v) is 12.0. The topological polar surface area (TPSA) is 37.4 Å². The molecule has 0 spiro atoms. The summed E-state index contributed by atoms with van der Waals surface area (Å²) in [6, 6.07) is 14.9. The van der Waals surface area contributed by atoms with Crippen LogP contribution < -0.4 is 4.90 Å². The third-order valence-corrected chi connectivity index (χ3v) is 3.79. The molecule has 3 nitrogen and oxygen atoms in total. The lowest BCUT2D eigenvalue weighted by atomic mass is 10.0. The third kappa shape index (κ3) is 2.72. The molecule has 3 rings (SSSR count). The molecule has 106 valence electrons. The van der Waals surface area contributed by atoms with E-state index in [4.69, 9.17) is 0 Å². The number of carbonyl (C=O) groups excluding carboxylic acids is 2. The van der Waals surface area contributed by atoms with Crippen molar-refractivity contribution >= 4 is 17.4 Å². The first-order valence-corrected chi connectivity index (χ1v) is 7.17. The van der Waals surface area contributed by atoms with Gasteiger partial charge in [0.05, 0.1) is 0 Å². The van der Waals surface area contributed by atoms with E-state index >= 15 is 0 Å². The van der Waals surface area contributed by atoms with Crippen molar-refractivity contribution in [3.05, 3.63) is 65.2 Å². The van der Waals surface area contributed by atoms with E-state index in [0.717, 1.165) is 24.2 Å². The van der Waals surface area contributed by atoms with Crippen molar-refractivity contribution in [2.75, 3.05) is 11.4 Å². The molecule has 0 bridgehead atoms. The summed E-state index contributed by atoms with van der Waals surface area (Å²) in [6.07, 6.45) is 1.52. The van der Waals surface area contributed by atoms with Gasteiger partial charge in [-0.3, -0.25) is 9.59 Å². The zero-order valence-electron chi connectivity index (χ0n) is 12.0. The molecule has 3 heteroatoms. The van der Waals surface area contributed by atoms with E-state index in [0.29, 0.717) is 17.5 Å². The molecule has 0 radical (unpaired) electrons. The molecule has 1 aliphatic heterocycles. The van der Waals surface area contributed by atoms with E-state index < -0.39 is 0 Å². The third-order valence-electron chi connectivity index (χ3n) is 3.79. The average Bonchev–Trinajstić information content (AvgIpc) is 2.93. The lowest BCUT2D eigenvalue weighted by Gasteiger charge is -2.15. The largest absolute Gasteiger partial charge is 0.312 e. The molecule has 0 unspecified atom stereocenters. The zero-order chi connectivity index (χ0) is 14.8. The lowest BCUT2D eigenvalue weighted by molar-refractivity contribution is -0.117. The van der Waals surface area contributed by atoms with Gasteiger partial charge in [-0.25, -0.2) is 0 Å². The highest BCUT2D eigenvalue weighted by Crippen LogP contribution is 2.22. The minimum atomic E-state index is 0.0120. The summed E-state index contributed by atoms with van der Waals surface area (Å²) >= 11 is 0. The summed E-state index contributed by atoms with van der Waals surface area (Å²) in [7, 11) is 0. The van der Waals surface area contributed by atoms with Gasteiger partial charge in [-0.1, -0.05) is 23.8 Å². The molecule has 0 aromatic heterocycles. The normalized spacial score (nSPS) is 14.5. The number of ketones is 1. The highest BCUT2D eigenvalue weighted by Gasteiger charge is 2.21. The van der Waals surface area contributed by atoms with Crippen molar-refractivity contribution in [1.29, 1.82) is 0 Å². The van der Waals surface area contributed by atoms with Crippen molar-refractivity contribution in [2.45, 2.75) is 19.8 Å². The van der Waals surface area contributed by atoms with Crippen LogP contribution in [0, 0.1) is 6.92 Å². The number of nitrogens with zero attached hydrogens (tertiary/aromatic N) is 1. The van der Waals surface area contributed by atoms with Crippen molar-refractivity contribution in [1.82, 2.24) is 0 Å². The Bertz CT molecular complexity index is 689. The summed E-state index contributed by atoms with van der Waals surface area (Å²) in [6.45, 7) is 2.74. The van der Waals surface area contributed by atoms with Gasteiger partial charge in [0.25, 0.3) is 0 Å². The second-order valence-electron chi connectivity index (χ2n) is 5.39. The van der Waals surface area contributed by atoms with Gasteiger partial charge in [0, 0.05) is 29.8 Å². The number of rotatable bonds is 3. The molecule has 1 saturated heterocycles. The Morgan fingerprint density at radius 3 is 2.43 bits per heavy atom. The number of amides is 1. The van der Waals surface area contributed by atoms with Gasteiger partial charge in [0.1, 0.15) is 0 Å². The minimum absolute atomic E-state index is 0.0120. The standard InChI is InChI=1S/C18H17NO2/c1-13-4-2-5-15(12-13)18(21)14-7-9-16(10-8-14)19-11-3-6-17(19)20/h2,4-5,7-10,12H,3,6,11H2,1H3. The second kappa shape index (κ2) is 5.52. The number of anilines is 1. The summed E-state index contributed by atoms with van der Waals surface area (Å²) in [5, 5.41) is 0. The minimum Gasteiger partial charge on any atom is -0.312 e. The molecule has 0 aliphatic carbocycles. The molecule has 2 aromatic rings. The quantitative estimate of drug-likeness (QED) is 0.808. The van der Waals surface area contributed by atoms with Crippen molar-refractivity contribution < 1.29 is 9.59 Å². The summed E-state index contributed by atoms with van der Waals surface area (Å²) in [5.41, 5.74) is 3.29. The Kier molecular flexibility index (Phi) is 3.57. The van der Waals surface area contributed by atoms with Crippen LogP contribution in [0.5, 0.6) is 0 Å². The van der Waals surface area contributed by atoms with Gasteiger partial charge in [-0.15, -0.1) is 0 Å². The van der Waals surface area contributed by atoms with Gasteiger partial charge >= 0.3 is 0 Å². The molecule has 0 N–H and O–H groups in total. The SMILES string of the molecule is Cc1cccc(C(=O)c2ccc(N3CCCC3=O)cc2)c1. The predicted molar refractivity (Wildman–Crippen MR) is 82.6 cm³/mol. The van der Waals surface area contributed by atoms with Gasteiger partial charge in [-0.05, 0) is 43.7 Å². The predicted octanol–water partition coefficient (Wildman–Crippen LogP) is 3.35. The molecule has 1 fully saturated rings. The van der Waals surface area contributed by atoms with Crippen LogP contribution in [0.4, 0.5) is 5.69 Å². The molecule has 1 aliphatic rings. The maximum atomic E-state index is 12.4. The maximum Gasteiger partial charge on any atom is 0.227 e. The van der Waals surface area contributed by atoms with Crippen molar-refractivity contribution in [3.63, 3.8) is 0 Å². The Hall–Kier alpha value is -2.42. The van der Waals surface area contributed by atoms with Crippen molar-refractivity contribution in [3.8, 4) is 0 Å². The van der Waals surface area contributed by atoms with Crippen LogP contribution in [-0.4, -0.2) is 18.2 Å². The van der Waals surface area contributed by atoms with E-state index in [-0.39, 0.29) is 11.7 Å². The number of aryl methyl sites for hydroxylation is 1. The average molecular weight is 279 g/mol. The Labute approximate surface area is 124 Å². The Morgan fingerprint density at radius 1 is 1.05 bits per heavy atom. The van der Waals surface area contributed by atoms with Gasteiger partial charge in [-0.2, -0.15) is 0 Å². The Morgan fingerprint density at radius 2 is 1.81 bits per heavy atom. The first-order valence-electron chi connectivity index (χ1n) is 7.17. The molecule has 0 saturated carbocycles. The van der Waals surface area contributed by atoms with Gasteiger partial charge < -0.3 is 4.90 Å². The summed E-state index contributed by atoms with van der Waals surface area (Å²) in [5.74, 6) is 0.172. The van der Waals surface area contributed by atoms with Gasteiger partial charge in [0.15, 0.2) is 5.78 Å². The molecule has 2 aromatic carbocycles. The lowest BCUT2D eigenvalue weighted by Crippen LogP contribution is -2.23. The summed E-state index contributed by atoms with van der Waals surface area (Å²) < 4.78 is 0. The number of benzene rings is 2. The van der Waals surface area contributed by atoms with Crippen molar-refractivity contribution in [2.24, 2.45) is 0 Å². The fourth-order valence-electron chi connectivity index (χ4n) is 2.67. The second-order valence-corrected chi connectivity index (χ2v) is 5.39. The Balaban J connectivity index is 1.84. The van der Waals surface area contributed by atoms with Crippen LogP contribution in [0.1, 0.15) is 34.3 Å². The van der Waals surface area contributed by atoms with E-state index in [2.05, 4.69) is 0 Å². The van der Waals surface area contributed by atoms with Crippen LogP contribution >= 0.6 is 0 Å². The van der Waals surface area contributed by atoms with Crippen LogP contribution in [0.25, 0.3) is 0 Å². The van der Waals surface area contributed by atoms with E-state index in [9.17, 15) is 9.59 Å². The molecular formula is C18H17NO2. The van der Waals surface area contributed by atoms with E-state index in [1.165, 1.54) is 0 Å². The molecule has 1 amide bonds. The highest BCUT2D eigenvalue weighted by atomic mass is 16.2. The van der Waals surface area contributed by atoms with Crippen LogP contribution in [0.3, 0.4) is 0 Å². The van der Waals surface area contributed by atoms with Crippen LogP contribution in [0.15, 0.2) is 48.5 Å². The fourth-order valence-corrected chi connectivity index (χ4v) is 2.67. The molecule has 0 atom stereocenters. The van der Waals surface area contributed by atoms with Gasteiger partial charge in [0.2, 0.25) is 5.91 Å². The van der Waals surface area contributed by atoms with Crippen LogP contribution in [0.2, 0.25) is 0 Å². The van der Waals surface area contributed by atoms with Crippen LogP contribution in [-0.2, 0) is 4.79 Å². The summed E-state index contributed by atoms with van der Waals surface area (Å²) in [4.78, 5) is 25.9. The molecule has 21 heavy (non-hydrogen) atoms. The number of hydrogen-bond acceptors (Lipinski definition) is 2. The number of carbonyl (C=O) groups is 2. The smallest absolute Gasteiger partial charge is 0.227 e. The van der Waals surface area contributed by atoms with E-state index in [1.54, 1.807) is 17.0 Å². The number of hydrogen-bond donors (Lipinski definition) is 0. The van der Waals surface area contributed by atoms with E-state index in [1.807, 2.05) is 43.3 Å². The maximum absolute atomic E-state index is 12.4. The monoisotopic (exact) mass is 279 g/mol. The fraction of sp³-hybridized carbons (Fsp3) is 0.222.